The van der Waals surface area contributed by atoms with Gasteiger partial charge in [-0.15, -0.1) is 0 Å². The third-order valence-electron chi connectivity index (χ3n) is 9.29. The smallest absolute Gasteiger partial charge is 0.220 e. The van der Waals surface area contributed by atoms with Crippen LogP contribution in [-0.4, -0.2) is 46.2 Å². The zero-order chi connectivity index (χ0) is 31.2. The van der Waals surface area contributed by atoms with Gasteiger partial charge in [0.1, 0.15) is 0 Å². The summed E-state index contributed by atoms with van der Waals surface area (Å²) in [6.45, 7) is 2.88. The molecule has 3 aliphatic carbocycles. The van der Waals surface area contributed by atoms with Gasteiger partial charge >= 0.3 is 0 Å². The summed E-state index contributed by atoms with van der Waals surface area (Å²) >= 11 is 0. The van der Waals surface area contributed by atoms with Crippen molar-refractivity contribution in [1.82, 2.24) is 10.6 Å². The second-order valence-corrected chi connectivity index (χ2v) is 12.2. The maximum Gasteiger partial charge on any atom is 0.220 e. The van der Waals surface area contributed by atoms with Gasteiger partial charge in [-0.3, -0.25) is 14.4 Å². The number of anilines is 1. The van der Waals surface area contributed by atoms with E-state index in [-0.39, 0.29) is 23.3 Å². The molecule has 236 valence electrons. The Kier molecular flexibility index (Phi) is 10.1. The van der Waals surface area contributed by atoms with Crippen molar-refractivity contribution in [2.24, 2.45) is 17.8 Å². The van der Waals surface area contributed by atoms with Gasteiger partial charge in [0.25, 0.3) is 0 Å². The fraction of sp³-hybridized carbons (Fsp3) is 0.514. The Morgan fingerprint density at radius 3 is 2.45 bits per heavy atom. The Balaban J connectivity index is 1.25. The van der Waals surface area contributed by atoms with Gasteiger partial charge in [-0.1, -0.05) is 24.6 Å². The topological polar surface area (TPSA) is 115 Å². The number of benzene rings is 1. The predicted octanol–water partition coefficient (Wildman–Crippen LogP) is 5.16. The van der Waals surface area contributed by atoms with E-state index in [9.17, 15) is 14.4 Å². The van der Waals surface area contributed by atoms with Gasteiger partial charge in [-0.2, -0.15) is 0 Å². The minimum atomic E-state index is -0.351. The largest absolute Gasteiger partial charge is 0.493 e. The van der Waals surface area contributed by atoms with Crippen LogP contribution in [0.3, 0.4) is 0 Å². The molecule has 0 aliphatic heterocycles. The zero-order valence-electron chi connectivity index (χ0n) is 26.3. The van der Waals surface area contributed by atoms with Crippen molar-refractivity contribution < 1.29 is 23.8 Å². The lowest BCUT2D eigenvalue weighted by Gasteiger charge is -2.19. The predicted molar refractivity (Wildman–Crippen MR) is 171 cm³/mol. The Hall–Kier alpha value is -4.01. The molecule has 0 unspecified atom stereocenters. The first-order valence-electron chi connectivity index (χ1n) is 15.8. The first-order chi connectivity index (χ1) is 21.3. The lowest BCUT2D eigenvalue weighted by Crippen LogP contribution is -2.30. The molecule has 0 radical (unpaired) electrons. The highest BCUT2D eigenvalue weighted by atomic mass is 16.5. The van der Waals surface area contributed by atoms with Crippen LogP contribution in [-0.2, 0) is 16.0 Å². The summed E-state index contributed by atoms with van der Waals surface area (Å²) in [5, 5.41) is 9.47. The van der Waals surface area contributed by atoms with Crippen molar-refractivity contribution >= 4 is 17.5 Å². The molecule has 1 fully saturated rings. The molecule has 2 amide bonds. The average molecular weight is 604 g/mol. The summed E-state index contributed by atoms with van der Waals surface area (Å²) in [6, 6.07) is 6.94. The van der Waals surface area contributed by atoms with Crippen molar-refractivity contribution in [3.8, 4) is 28.4 Å². The van der Waals surface area contributed by atoms with Gasteiger partial charge in [0.2, 0.25) is 23.0 Å². The highest BCUT2D eigenvalue weighted by Crippen LogP contribution is 2.50. The molecule has 44 heavy (non-hydrogen) atoms. The van der Waals surface area contributed by atoms with Crippen LogP contribution in [0.5, 0.6) is 17.2 Å². The summed E-state index contributed by atoms with van der Waals surface area (Å²) in [6.07, 6.45) is 11.4. The van der Waals surface area contributed by atoms with Crippen molar-refractivity contribution in [3.05, 3.63) is 57.8 Å². The van der Waals surface area contributed by atoms with E-state index < -0.39 is 0 Å². The van der Waals surface area contributed by atoms with Crippen LogP contribution in [0.15, 0.2) is 41.2 Å². The van der Waals surface area contributed by atoms with Gasteiger partial charge in [0.15, 0.2) is 11.5 Å². The third-order valence-corrected chi connectivity index (χ3v) is 9.29. The van der Waals surface area contributed by atoms with E-state index in [0.717, 1.165) is 54.0 Å². The maximum atomic E-state index is 13.5. The molecular formula is C35H45N3O6. The van der Waals surface area contributed by atoms with Crippen molar-refractivity contribution in [2.45, 2.75) is 64.3 Å². The minimum absolute atomic E-state index is 0.127. The van der Waals surface area contributed by atoms with Gasteiger partial charge in [-0.25, -0.2) is 0 Å². The van der Waals surface area contributed by atoms with E-state index in [0.29, 0.717) is 60.6 Å². The average Bonchev–Trinajstić information content (AvgIpc) is 3.57. The number of carbonyl (C=O) groups is 2. The van der Waals surface area contributed by atoms with E-state index in [1.807, 2.05) is 12.1 Å². The van der Waals surface area contributed by atoms with Gasteiger partial charge in [0, 0.05) is 32.0 Å². The SMILES string of the molecule is COc1cc2c(c(OC)c1OC)-c1ccc(NCCCCCC(=O)NC[C@@H]3C[C@H]4C=C[C@H]3C4)c(=O)cc1[C@H](NC(C)=O)CC2. The van der Waals surface area contributed by atoms with Crippen LogP contribution in [0.25, 0.3) is 11.1 Å². The number of unbranched alkanes of at least 4 members (excludes halogenated alkanes) is 2. The number of allylic oxidation sites excluding steroid dienone is 2. The lowest BCUT2D eigenvalue weighted by atomic mass is 9.93. The van der Waals surface area contributed by atoms with E-state index in [1.54, 1.807) is 33.5 Å². The van der Waals surface area contributed by atoms with Crippen LogP contribution >= 0.6 is 0 Å². The quantitative estimate of drug-likeness (QED) is 0.214. The van der Waals surface area contributed by atoms with Crippen molar-refractivity contribution in [1.29, 1.82) is 0 Å². The lowest BCUT2D eigenvalue weighted by molar-refractivity contribution is -0.121. The van der Waals surface area contributed by atoms with E-state index >= 15 is 0 Å². The molecule has 3 aliphatic rings. The fourth-order valence-electron chi connectivity index (χ4n) is 7.13. The van der Waals surface area contributed by atoms with E-state index in [1.165, 1.54) is 19.8 Å². The van der Waals surface area contributed by atoms with Crippen molar-refractivity contribution in [2.75, 3.05) is 39.7 Å². The number of fused-ring (bicyclic) bond motifs is 5. The molecule has 4 atom stereocenters. The Morgan fingerprint density at radius 1 is 0.955 bits per heavy atom. The number of rotatable bonds is 13. The number of methoxy groups -OCH3 is 3. The van der Waals surface area contributed by atoms with Crippen molar-refractivity contribution in [3.63, 3.8) is 0 Å². The summed E-state index contributed by atoms with van der Waals surface area (Å²) in [4.78, 5) is 38.0. The summed E-state index contributed by atoms with van der Waals surface area (Å²) in [5.74, 6) is 3.48. The molecule has 2 aromatic rings. The molecule has 5 rings (SSSR count). The number of ether oxygens (including phenoxy) is 3. The molecule has 9 heteroatoms. The second kappa shape index (κ2) is 14.2. The molecule has 0 aromatic heterocycles. The number of carbonyl (C=O) groups excluding carboxylic acids is 2. The number of nitrogens with one attached hydrogen (secondary N) is 3. The Morgan fingerprint density at radius 2 is 1.77 bits per heavy atom. The summed E-state index contributed by atoms with van der Waals surface area (Å²) in [5.41, 5.74) is 3.67. The minimum Gasteiger partial charge on any atom is -0.493 e. The van der Waals surface area contributed by atoms with Gasteiger partial charge in [-0.05, 0) is 91.2 Å². The molecular weight excluding hydrogens is 558 g/mol. The van der Waals surface area contributed by atoms with Crippen LogP contribution in [0.4, 0.5) is 5.69 Å². The summed E-state index contributed by atoms with van der Waals surface area (Å²) < 4.78 is 17.1. The molecule has 0 heterocycles. The highest BCUT2D eigenvalue weighted by molar-refractivity contribution is 5.83. The number of amides is 2. The molecule has 9 nitrogen and oxygen atoms in total. The van der Waals surface area contributed by atoms with Gasteiger partial charge < -0.3 is 30.2 Å². The summed E-state index contributed by atoms with van der Waals surface area (Å²) in [7, 11) is 4.74. The number of hydrogen-bond acceptors (Lipinski definition) is 7. The first kappa shape index (κ1) is 31.4. The normalized spacial score (nSPS) is 21.1. The zero-order valence-corrected chi connectivity index (χ0v) is 26.3. The fourth-order valence-corrected chi connectivity index (χ4v) is 7.13. The standard InChI is InChI=1S/C35H45N3O6/c1-21(39)38-28-13-11-24-18-31(42-2)34(43-3)35(44-4)33(24)26-12-14-29(30(40)19-27(26)28)36-15-7-5-6-8-32(41)37-20-25-17-22-9-10-23(25)16-22/h9-10,12,14,18-19,22-23,25,28H,5-8,11,13,15-17,20H2,1-4H3,(H,36,40)(H,37,41)(H,38,39)/t22-,23-,25-,28+/m0/s1. The van der Waals surface area contributed by atoms with E-state index in [4.69, 9.17) is 14.2 Å². The maximum absolute atomic E-state index is 13.5. The Bertz CT molecular complexity index is 1470. The first-order valence-corrected chi connectivity index (χ1v) is 15.8. The van der Waals surface area contributed by atoms with E-state index in [2.05, 4.69) is 28.1 Å². The second-order valence-electron chi connectivity index (χ2n) is 12.2. The van der Waals surface area contributed by atoms with Crippen LogP contribution in [0.2, 0.25) is 0 Å². The molecule has 2 bridgehead atoms. The van der Waals surface area contributed by atoms with Crippen LogP contribution in [0.1, 0.15) is 69.0 Å². The number of hydrogen-bond donors (Lipinski definition) is 3. The molecule has 1 saturated carbocycles. The monoisotopic (exact) mass is 603 g/mol. The molecule has 0 saturated heterocycles. The number of aryl methyl sites for hydroxylation is 1. The third kappa shape index (κ3) is 6.87. The molecule has 0 spiro atoms. The Labute approximate surface area is 259 Å². The van der Waals surface area contributed by atoms with Crippen LogP contribution < -0.4 is 35.6 Å². The van der Waals surface area contributed by atoms with Gasteiger partial charge in [0.05, 0.1) is 33.1 Å². The van der Waals surface area contributed by atoms with Crippen LogP contribution in [0, 0.1) is 17.8 Å². The highest BCUT2D eigenvalue weighted by Gasteiger charge is 2.35. The molecule has 2 aromatic carbocycles. The molecule has 3 N–H and O–H groups in total.